The fourth-order valence-electron chi connectivity index (χ4n) is 1.80. The molecule has 84 valence electrons. The first-order valence-electron chi connectivity index (χ1n) is 5.18. The van der Waals surface area contributed by atoms with E-state index >= 15 is 0 Å². The van der Waals surface area contributed by atoms with Crippen LogP contribution in [-0.4, -0.2) is 14.5 Å². The van der Waals surface area contributed by atoms with Gasteiger partial charge in [0, 0.05) is 15.3 Å². The van der Waals surface area contributed by atoms with Crippen molar-refractivity contribution in [2.75, 3.05) is 0 Å². The van der Waals surface area contributed by atoms with Crippen LogP contribution in [0.5, 0.6) is 5.88 Å². The Bertz CT molecular complexity index is 676. The first kappa shape index (κ1) is 10.6. The molecule has 0 fully saturated rings. The monoisotopic (exact) mass is 336 g/mol. The van der Waals surface area contributed by atoms with Crippen molar-refractivity contribution in [1.29, 1.82) is 0 Å². The normalized spacial score (nSPS) is 10.9. The summed E-state index contributed by atoms with van der Waals surface area (Å²) in [6, 6.07) is 13.5. The van der Waals surface area contributed by atoms with Gasteiger partial charge in [0.15, 0.2) is 0 Å². The van der Waals surface area contributed by atoms with Gasteiger partial charge in [-0.25, -0.2) is 4.98 Å². The highest BCUT2D eigenvalue weighted by Crippen LogP contribution is 2.29. The maximum atomic E-state index is 10.2. The van der Waals surface area contributed by atoms with E-state index in [9.17, 15) is 5.11 Å². The Balaban J connectivity index is 2.28. The average Bonchev–Trinajstić information content (AvgIpc) is 2.68. The van der Waals surface area contributed by atoms with Gasteiger partial charge in [0.2, 0.25) is 5.88 Å². The molecule has 0 aliphatic rings. The predicted octanol–water partition coefficient (Wildman–Crippen LogP) is 3.31. The number of aromatic nitrogens is 2. The van der Waals surface area contributed by atoms with Crippen LogP contribution in [0, 0.1) is 3.57 Å². The molecule has 1 N–H and O–H groups in total. The molecule has 0 amide bonds. The van der Waals surface area contributed by atoms with Crippen molar-refractivity contribution in [2.45, 2.75) is 0 Å². The number of rotatable bonds is 1. The summed E-state index contributed by atoms with van der Waals surface area (Å²) in [6.07, 6.45) is 1.87. The van der Waals surface area contributed by atoms with Gasteiger partial charge in [0.05, 0.1) is 0 Å². The highest BCUT2D eigenvalue weighted by molar-refractivity contribution is 14.1. The number of hydrogen-bond acceptors (Lipinski definition) is 2. The van der Waals surface area contributed by atoms with Crippen LogP contribution in [0.25, 0.3) is 16.9 Å². The third kappa shape index (κ3) is 1.78. The SMILES string of the molecule is Oc1c(-c2ccccc2)nc2ccc(I)cn12. The summed E-state index contributed by atoms with van der Waals surface area (Å²) in [7, 11) is 0. The summed E-state index contributed by atoms with van der Waals surface area (Å²) < 4.78 is 2.76. The zero-order valence-electron chi connectivity index (χ0n) is 8.84. The first-order chi connectivity index (χ1) is 8.25. The lowest BCUT2D eigenvalue weighted by molar-refractivity contribution is 0.450. The van der Waals surface area contributed by atoms with Crippen LogP contribution < -0.4 is 0 Å². The molecular formula is C13H9IN2O. The average molecular weight is 336 g/mol. The lowest BCUT2D eigenvalue weighted by Gasteiger charge is -1.97. The Hall–Kier alpha value is -1.56. The van der Waals surface area contributed by atoms with Gasteiger partial charge in [-0.05, 0) is 34.7 Å². The largest absolute Gasteiger partial charge is 0.493 e. The van der Waals surface area contributed by atoms with Crippen LogP contribution >= 0.6 is 22.6 Å². The Kier molecular flexibility index (Phi) is 2.51. The number of hydrogen-bond donors (Lipinski definition) is 1. The number of imidazole rings is 1. The van der Waals surface area contributed by atoms with E-state index < -0.39 is 0 Å². The van der Waals surface area contributed by atoms with Crippen molar-refractivity contribution in [3.05, 3.63) is 52.2 Å². The molecule has 0 atom stereocenters. The molecule has 0 aliphatic carbocycles. The number of benzene rings is 1. The third-order valence-electron chi connectivity index (χ3n) is 2.60. The molecular weight excluding hydrogens is 327 g/mol. The van der Waals surface area contributed by atoms with E-state index in [1.54, 1.807) is 4.40 Å². The van der Waals surface area contributed by atoms with E-state index in [4.69, 9.17) is 0 Å². The van der Waals surface area contributed by atoms with Crippen molar-refractivity contribution in [1.82, 2.24) is 9.38 Å². The molecule has 3 nitrogen and oxygen atoms in total. The van der Waals surface area contributed by atoms with Gasteiger partial charge in [-0.1, -0.05) is 30.3 Å². The number of pyridine rings is 1. The Morgan fingerprint density at radius 3 is 2.59 bits per heavy atom. The van der Waals surface area contributed by atoms with Crippen LogP contribution in [0.15, 0.2) is 48.7 Å². The van der Waals surface area contributed by atoms with E-state index in [1.807, 2.05) is 48.7 Å². The van der Waals surface area contributed by atoms with E-state index in [2.05, 4.69) is 27.6 Å². The van der Waals surface area contributed by atoms with Gasteiger partial charge in [-0.2, -0.15) is 0 Å². The maximum Gasteiger partial charge on any atom is 0.224 e. The van der Waals surface area contributed by atoms with Crippen molar-refractivity contribution in [3.8, 4) is 17.1 Å². The van der Waals surface area contributed by atoms with E-state index in [1.165, 1.54) is 0 Å². The van der Waals surface area contributed by atoms with Gasteiger partial charge in [0.1, 0.15) is 11.3 Å². The number of halogens is 1. The summed E-state index contributed by atoms with van der Waals surface area (Å²) in [5.41, 5.74) is 2.29. The third-order valence-corrected chi connectivity index (χ3v) is 3.24. The molecule has 0 aliphatic heterocycles. The second kappa shape index (κ2) is 4.03. The maximum absolute atomic E-state index is 10.2. The smallest absolute Gasteiger partial charge is 0.224 e. The Labute approximate surface area is 112 Å². The Morgan fingerprint density at radius 1 is 1.06 bits per heavy atom. The topological polar surface area (TPSA) is 37.5 Å². The fraction of sp³-hybridized carbons (Fsp3) is 0. The number of aromatic hydroxyl groups is 1. The van der Waals surface area contributed by atoms with E-state index in [0.29, 0.717) is 5.69 Å². The second-order valence-corrected chi connectivity index (χ2v) is 4.97. The van der Waals surface area contributed by atoms with Crippen LogP contribution in [-0.2, 0) is 0 Å². The zero-order valence-corrected chi connectivity index (χ0v) is 11.0. The van der Waals surface area contributed by atoms with Gasteiger partial charge >= 0.3 is 0 Å². The van der Waals surface area contributed by atoms with Crippen LogP contribution in [0.2, 0.25) is 0 Å². The quantitative estimate of drug-likeness (QED) is 0.693. The minimum Gasteiger partial charge on any atom is -0.493 e. The predicted molar refractivity (Wildman–Crippen MR) is 75.0 cm³/mol. The zero-order chi connectivity index (χ0) is 11.8. The van der Waals surface area contributed by atoms with Crippen molar-refractivity contribution in [3.63, 3.8) is 0 Å². The summed E-state index contributed by atoms with van der Waals surface area (Å²) in [5.74, 6) is 0.185. The van der Waals surface area contributed by atoms with Gasteiger partial charge < -0.3 is 5.11 Å². The van der Waals surface area contributed by atoms with E-state index in [0.717, 1.165) is 14.8 Å². The Morgan fingerprint density at radius 2 is 1.82 bits per heavy atom. The summed E-state index contributed by atoms with van der Waals surface area (Å²) >= 11 is 2.21. The molecule has 0 bridgehead atoms. The molecule has 0 saturated carbocycles. The fourth-order valence-corrected chi connectivity index (χ4v) is 2.25. The minimum atomic E-state index is 0.185. The minimum absolute atomic E-state index is 0.185. The van der Waals surface area contributed by atoms with E-state index in [-0.39, 0.29) is 5.88 Å². The van der Waals surface area contributed by atoms with Crippen LogP contribution in [0.4, 0.5) is 0 Å². The molecule has 0 spiro atoms. The number of nitrogens with zero attached hydrogens (tertiary/aromatic N) is 2. The molecule has 17 heavy (non-hydrogen) atoms. The summed E-state index contributed by atoms with van der Waals surface area (Å²) in [6.45, 7) is 0. The molecule has 3 rings (SSSR count). The van der Waals surface area contributed by atoms with Crippen molar-refractivity contribution < 1.29 is 5.11 Å². The first-order valence-corrected chi connectivity index (χ1v) is 6.25. The van der Waals surface area contributed by atoms with Crippen molar-refractivity contribution >= 4 is 28.2 Å². The second-order valence-electron chi connectivity index (χ2n) is 3.73. The molecule has 2 heterocycles. The molecule has 1 aromatic carbocycles. The highest BCUT2D eigenvalue weighted by Gasteiger charge is 2.12. The standard InChI is InChI=1S/C13H9IN2O/c14-10-6-7-11-15-12(13(17)16(11)8-10)9-4-2-1-3-5-9/h1-8,17H. The molecule has 0 unspecified atom stereocenters. The molecule has 3 aromatic rings. The molecule has 0 radical (unpaired) electrons. The van der Waals surface area contributed by atoms with Crippen LogP contribution in [0.3, 0.4) is 0 Å². The lowest BCUT2D eigenvalue weighted by atomic mass is 10.2. The molecule has 0 saturated heterocycles. The lowest BCUT2D eigenvalue weighted by Crippen LogP contribution is -1.84. The van der Waals surface area contributed by atoms with Crippen molar-refractivity contribution in [2.24, 2.45) is 0 Å². The summed E-state index contributed by atoms with van der Waals surface area (Å²) in [5, 5.41) is 10.2. The number of fused-ring (bicyclic) bond motifs is 1. The van der Waals surface area contributed by atoms with Gasteiger partial charge in [-0.15, -0.1) is 0 Å². The van der Waals surface area contributed by atoms with Crippen LogP contribution in [0.1, 0.15) is 0 Å². The van der Waals surface area contributed by atoms with Gasteiger partial charge in [0.25, 0.3) is 0 Å². The highest BCUT2D eigenvalue weighted by atomic mass is 127. The summed E-state index contributed by atoms with van der Waals surface area (Å²) in [4.78, 5) is 4.43. The molecule has 2 aromatic heterocycles. The van der Waals surface area contributed by atoms with Gasteiger partial charge in [-0.3, -0.25) is 4.40 Å². The molecule has 4 heteroatoms.